The molecule has 69 heavy (non-hydrogen) atoms. The highest BCUT2D eigenvalue weighted by Gasteiger charge is 2.53. The summed E-state index contributed by atoms with van der Waals surface area (Å²) in [6.45, 7) is 0. The fraction of sp³-hybridized carbons (Fsp3) is 0.0149. The van der Waals surface area contributed by atoms with E-state index in [1.165, 1.54) is 125 Å². The lowest BCUT2D eigenvalue weighted by Crippen LogP contribution is -2.28. The molecule has 0 atom stereocenters. The number of thiophene rings is 1. The number of rotatable bonds is 5. The van der Waals surface area contributed by atoms with Gasteiger partial charge in [0.1, 0.15) is 0 Å². The van der Waals surface area contributed by atoms with Crippen molar-refractivity contribution in [1.29, 1.82) is 0 Å². The van der Waals surface area contributed by atoms with Crippen LogP contribution in [0.2, 0.25) is 0 Å². The monoisotopic (exact) mass is 891 g/mol. The summed E-state index contributed by atoms with van der Waals surface area (Å²) in [4.78, 5) is 2.54. The van der Waals surface area contributed by atoms with Crippen molar-refractivity contribution in [3.63, 3.8) is 0 Å². The first-order valence-corrected chi connectivity index (χ1v) is 24.7. The molecule has 2 aliphatic rings. The maximum Gasteiger partial charge on any atom is 0.0746 e. The van der Waals surface area contributed by atoms with Crippen molar-refractivity contribution in [1.82, 2.24) is 0 Å². The Balaban J connectivity index is 0.927. The summed E-state index contributed by atoms with van der Waals surface area (Å²) in [5.74, 6) is 0. The lowest BCUT2D eigenvalue weighted by Gasteiger charge is -2.36. The van der Waals surface area contributed by atoms with Crippen LogP contribution in [0.15, 0.2) is 249 Å². The molecular formula is C67H41NS. The molecule has 0 radical (unpaired) electrons. The molecule has 13 aromatic rings. The van der Waals surface area contributed by atoms with Crippen molar-refractivity contribution in [3.8, 4) is 44.5 Å². The van der Waals surface area contributed by atoms with Gasteiger partial charge >= 0.3 is 0 Å². The molecule has 1 aromatic heterocycles. The zero-order valence-electron chi connectivity index (χ0n) is 37.5. The Labute approximate surface area is 404 Å². The summed E-state index contributed by atoms with van der Waals surface area (Å²) in [5.41, 5.74) is 18.2. The van der Waals surface area contributed by atoms with Crippen LogP contribution in [0, 0.1) is 0 Å². The second-order valence-corrected chi connectivity index (χ2v) is 19.8. The molecule has 1 heterocycles. The molecule has 0 amide bonds. The average molecular weight is 892 g/mol. The molecule has 320 valence electrons. The second kappa shape index (κ2) is 14.7. The molecule has 0 aliphatic heterocycles. The molecule has 0 unspecified atom stereocenters. The Morgan fingerprint density at radius 2 is 0.710 bits per heavy atom. The van der Waals surface area contributed by atoms with E-state index >= 15 is 0 Å². The summed E-state index contributed by atoms with van der Waals surface area (Å²) < 4.78 is 2.66. The fourth-order valence-electron chi connectivity index (χ4n) is 12.3. The van der Waals surface area contributed by atoms with Crippen LogP contribution in [-0.4, -0.2) is 0 Å². The van der Waals surface area contributed by atoms with Crippen molar-refractivity contribution in [2.75, 3.05) is 4.90 Å². The minimum atomic E-state index is -0.517. The Bertz CT molecular complexity index is 4150. The molecule has 15 rings (SSSR count). The van der Waals surface area contributed by atoms with Gasteiger partial charge in [-0.1, -0.05) is 200 Å². The summed E-state index contributed by atoms with van der Waals surface area (Å²) in [5, 5.41) is 10.2. The molecule has 2 aliphatic carbocycles. The smallest absolute Gasteiger partial charge is 0.0746 e. The third-order valence-electron chi connectivity index (χ3n) is 15.3. The lowest BCUT2D eigenvalue weighted by molar-refractivity contribution is 0.793. The minimum Gasteiger partial charge on any atom is -0.310 e. The van der Waals surface area contributed by atoms with E-state index in [2.05, 4.69) is 254 Å². The van der Waals surface area contributed by atoms with Gasteiger partial charge in [0.05, 0.1) is 11.1 Å². The van der Waals surface area contributed by atoms with E-state index in [9.17, 15) is 0 Å². The number of nitrogens with zero attached hydrogens (tertiary/aromatic N) is 1. The predicted octanol–water partition coefficient (Wildman–Crippen LogP) is 18.7. The van der Waals surface area contributed by atoms with Crippen LogP contribution < -0.4 is 4.90 Å². The van der Waals surface area contributed by atoms with E-state index < -0.39 is 5.41 Å². The van der Waals surface area contributed by atoms with Crippen LogP contribution in [0.25, 0.3) is 97.0 Å². The summed E-state index contributed by atoms with van der Waals surface area (Å²) in [7, 11) is 0. The van der Waals surface area contributed by atoms with Crippen molar-refractivity contribution in [3.05, 3.63) is 271 Å². The maximum absolute atomic E-state index is 2.54. The van der Waals surface area contributed by atoms with Gasteiger partial charge in [0.15, 0.2) is 0 Å². The van der Waals surface area contributed by atoms with Gasteiger partial charge in [-0.15, -0.1) is 11.3 Å². The van der Waals surface area contributed by atoms with Gasteiger partial charge in [-0.3, -0.25) is 0 Å². The van der Waals surface area contributed by atoms with Crippen LogP contribution >= 0.6 is 11.3 Å². The summed E-state index contributed by atoms with van der Waals surface area (Å²) >= 11 is 1.87. The molecule has 0 saturated carbocycles. The third-order valence-corrected chi connectivity index (χ3v) is 16.4. The van der Waals surface area contributed by atoms with Crippen molar-refractivity contribution < 1.29 is 0 Å². The summed E-state index contributed by atoms with van der Waals surface area (Å²) in [6.07, 6.45) is 0. The summed E-state index contributed by atoms with van der Waals surface area (Å²) in [6, 6.07) is 93.2. The molecule has 0 N–H and O–H groups in total. The van der Waals surface area contributed by atoms with Crippen molar-refractivity contribution in [2.24, 2.45) is 0 Å². The molecule has 1 spiro atoms. The number of benzene rings is 12. The molecule has 0 bridgehead atoms. The van der Waals surface area contributed by atoms with Crippen LogP contribution in [0.5, 0.6) is 0 Å². The third kappa shape index (κ3) is 5.46. The van der Waals surface area contributed by atoms with Gasteiger partial charge in [-0.2, -0.15) is 0 Å². The number of anilines is 3. The van der Waals surface area contributed by atoms with Crippen LogP contribution in [0.1, 0.15) is 22.3 Å². The van der Waals surface area contributed by atoms with Gasteiger partial charge in [-0.25, -0.2) is 0 Å². The average Bonchev–Trinajstić information content (AvgIpc) is 4.05. The van der Waals surface area contributed by atoms with Crippen molar-refractivity contribution >= 4 is 80.9 Å². The first-order chi connectivity index (χ1) is 34.2. The Morgan fingerprint density at radius 3 is 1.33 bits per heavy atom. The predicted molar refractivity (Wildman–Crippen MR) is 294 cm³/mol. The number of hydrogen-bond acceptors (Lipinski definition) is 2. The van der Waals surface area contributed by atoms with E-state index in [1.54, 1.807) is 0 Å². The minimum absolute atomic E-state index is 0.517. The standard InChI is InChI=1S/C67H41NS/c1-2-16-50-48(14-1)49-15-3-4-17-51(49)58-41-47(37-38-52(50)58)68(46-35-32-43(33-36-46)42-28-30-44(31-29-42)45-34-39-65-59(40-45)56-21-8-12-27-64(56)69-65)63-26-13-22-57-55-20-7-11-25-62(55)67(66(57)63)60-23-9-5-18-53(60)54-19-6-10-24-61(54)67/h1-41H. The second-order valence-electron chi connectivity index (χ2n) is 18.7. The topological polar surface area (TPSA) is 3.24 Å². The molecule has 2 heteroatoms. The van der Waals surface area contributed by atoms with E-state index in [4.69, 9.17) is 0 Å². The van der Waals surface area contributed by atoms with E-state index in [0.717, 1.165) is 11.4 Å². The first-order valence-electron chi connectivity index (χ1n) is 23.9. The molecular weight excluding hydrogens is 851 g/mol. The highest BCUT2D eigenvalue weighted by Crippen LogP contribution is 2.65. The zero-order chi connectivity index (χ0) is 45.2. The number of hydrogen-bond donors (Lipinski definition) is 0. The van der Waals surface area contributed by atoms with Gasteiger partial charge in [0.25, 0.3) is 0 Å². The molecule has 0 saturated heterocycles. The Morgan fingerprint density at radius 1 is 0.275 bits per heavy atom. The largest absolute Gasteiger partial charge is 0.310 e. The number of fused-ring (bicyclic) bond motifs is 19. The van der Waals surface area contributed by atoms with E-state index in [1.807, 2.05) is 11.3 Å². The molecule has 0 fully saturated rings. The normalized spacial score (nSPS) is 13.0. The van der Waals surface area contributed by atoms with Crippen LogP contribution in [-0.2, 0) is 5.41 Å². The Kier molecular flexibility index (Phi) is 8.22. The van der Waals surface area contributed by atoms with Gasteiger partial charge in [0, 0.05) is 37.1 Å². The van der Waals surface area contributed by atoms with Crippen LogP contribution in [0.3, 0.4) is 0 Å². The van der Waals surface area contributed by atoms with Gasteiger partial charge in [0.2, 0.25) is 0 Å². The quantitative estimate of drug-likeness (QED) is 0.156. The molecule has 1 nitrogen and oxygen atoms in total. The maximum atomic E-state index is 2.54. The lowest BCUT2D eigenvalue weighted by atomic mass is 9.70. The van der Waals surface area contributed by atoms with E-state index in [0.29, 0.717) is 0 Å². The molecule has 12 aromatic carbocycles. The van der Waals surface area contributed by atoms with Crippen molar-refractivity contribution in [2.45, 2.75) is 5.41 Å². The van der Waals surface area contributed by atoms with Gasteiger partial charge < -0.3 is 4.90 Å². The highest BCUT2D eigenvalue weighted by atomic mass is 32.1. The fourth-order valence-corrected chi connectivity index (χ4v) is 13.4. The highest BCUT2D eigenvalue weighted by molar-refractivity contribution is 7.25. The zero-order valence-corrected chi connectivity index (χ0v) is 38.3. The van der Waals surface area contributed by atoms with Crippen LogP contribution in [0.4, 0.5) is 17.1 Å². The van der Waals surface area contributed by atoms with Gasteiger partial charge in [-0.05, 0) is 142 Å². The van der Waals surface area contributed by atoms with E-state index in [-0.39, 0.29) is 0 Å². The first kappa shape index (κ1) is 38.5. The SMILES string of the molecule is c1ccc2c(c1)-c1ccccc1C21c2ccccc2-c2cccc(N(c3ccc(-c4ccc(-c5ccc6sc7ccccc7c6c5)cc4)cc3)c3ccc4c5ccccc5c5ccccc5c4c3)c21. The Hall–Kier alpha value is -8.56.